The standard InChI is InChI=1S/C15H10N2O.ClHO4/c18-15-12-7-3-4-8-13(12)16-14-11-6-2-1-5-10(11)9-17(14)15;2-1(3,4)5/h1-8H,9H2;(H,2,3,4,5). The van der Waals surface area contributed by atoms with Crippen molar-refractivity contribution in [2.45, 2.75) is 6.54 Å². The molecule has 0 spiro atoms. The average molecular weight is 335 g/mol. The van der Waals surface area contributed by atoms with Gasteiger partial charge < -0.3 is 0 Å². The molecule has 0 amide bonds. The van der Waals surface area contributed by atoms with Crippen LogP contribution in [0, 0.1) is 10.2 Å². The summed E-state index contributed by atoms with van der Waals surface area (Å²) in [4.78, 5) is 17.0. The van der Waals surface area contributed by atoms with Crippen LogP contribution >= 0.6 is 0 Å². The molecule has 1 aliphatic heterocycles. The second-order valence-electron chi connectivity index (χ2n) is 4.90. The fraction of sp³-hybridized carbons (Fsp3) is 0.0667. The predicted octanol–water partition coefficient (Wildman–Crippen LogP) is -1.70. The summed E-state index contributed by atoms with van der Waals surface area (Å²) >= 11 is 0. The van der Waals surface area contributed by atoms with Crippen molar-refractivity contribution < 1.29 is 28.9 Å². The van der Waals surface area contributed by atoms with Crippen LogP contribution in [0.4, 0.5) is 0 Å². The van der Waals surface area contributed by atoms with E-state index in [2.05, 4.69) is 4.98 Å². The lowest BCUT2D eigenvalue weighted by atomic mass is 10.1. The van der Waals surface area contributed by atoms with Gasteiger partial charge in [-0.1, -0.05) is 36.4 Å². The molecule has 3 aromatic rings. The molecule has 118 valence electrons. The maximum atomic E-state index is 12.4. The van der Waals surface area contributed by atoms with Gasteiger partial charge in [0.1, 0.15) is 5.82 Å². The molecule has 0 fully saturated rings. The van der Waals surface area contributed by atoms with Gasteiger partial charge in [0.2, 0.25) is 0 Å². The minimum atomic E-state index is -4.69. The third kappa shape index (κ3) is 3.24. The zero-order valence-corrected chi connectivity index (χ0v) is 12.4. The van der Waals surface area contributed by atoms with Gasteiger partial charge in [-0.15, -0.1) is 0 Å². The summed E-state index contributed by atoms with van der Waals surface area (Å²) in [5.41, 5.74) is 3.05. The number of aromatic nitrogens is 2. The summed E-state index contributed by atoms with van der Waals surface area (Å²) in [5, 5.41) is 0.689. The Balaban J connectivity index is 0.000000276. The summed E-state index contributed by atoms with van der Waals surface area (Å²) in [7, 11) is -4.69. The molecule has 0 atom stereocenters. The van der Waals surface area contributed by atoms with Gasteiger partial charge in [-0.2, -0.15) is 14.0 Å². The first-order chi connectivity index (χ1) is 10.8. The van der Waals surface area contributed by atoms with Crippen molar-refractivity contribution >= 4 is 10.9 Å². The smallest absolute Gasteiger partial charge is 0.261 e. The highest BCUT2D eigenvalue weighted by molar-refractivity contribution is 5.81. The molecule has 0 radical (unpaired) electrons. The fourth-order valence-corrected chi connectivity index (χ4v) is 2.57. The summed E-state index contributed by atoms with van der Waals surface area (Å²) in [6, 6.07) is 15.6. The van der Waals surface area contributed by atoms with Gasteiger partial charge in [0.25, 0.3) is 5.56 Å². The van der Waals surface area contributed by atoms with E-state index in [9.17, 15) is 4.79 Å². The zero-order valence-electron chi connectivity index (χ0n) is 11.7. The highest BCUT2D eigenvalue weighted by Gasteiger charge is 2.21. The molecule has 1 aliphatic rings. The maximum absolute atomic E-state index is 12.4. The topological polar surface area (TPSA) is 124 Å². The Kier molecular flexibility index (Phi) is 3.88. The molecule has 2 aromatic carbocycles. The van der Waals surface area contributed by atoms with Gasteiger partial charge >= 0.3 is 0 Å². The van der Waals surface area contributed by atoms with Gasteiger partial charge in [-0.3, -0.25) is 9.36 Å². The van der Waals surface area contributed by atoms with E-state index < -0.39 is 10.2 Å². The fourth-order valence-electron chi connectivity index (χ4n) is 2.57. The van der Waals surface area contributed by atoms with Crippen molar-refractivity contribution in [3.05, 3.63) is 64.4 Å². The Hall–Kier alpha value is -2.29. The lowest BCUT2D eigenvalue weighted by Crippen LogP contribution is -2.58. The van der Waals surface area contributed by atoms with E-state index in [4.69, 9.17) is 18.6 Å². The third-order valence-electron chi connectivity index (χ3n) is 3.45. The molecule has 1 N–H and O–H groups in total. The quantitative estimate of drug-likeness (QED) is 0.409. The summed E-state index contributed by atoms with van der Waals surface area (Å²) in [5.74, 6) is 0.786. The summed E-state index contributed by atoms with van der Waals surface area (Å²) in [6.07, 6.45) is 0. The number of hydrogen-bond acceptors (Lipinski definition) is 6. The second-order valence-corrected chi connectivity index (χ2v) is 5.69. The van der Waals surface area contributed by atoms with E-state index in [1.54, 1.807) is 4.57 Å². The van der Waals surface area contributed by atoms with Crippen molar-refractivity contribution in [1.29, 1.82) is 0 Å². The maximum Gasteiger partial charge on any atom is 0.261 e. The number of nitrogens with zero attached hydrogens (tertiary/aromatic N) is 2. The number of benzene rings is 2. The zero-order chi connectivity index (χ0) is 16.6. The van der Waals surface area contributed by atoms with Gasteiger partial charge in [-0.25, -0.2) is 4.98 Å². The van der Waals surface area contributed by atoms with Gasteiger partial charge in [0.15, 0.2) is 0 Å². The molecule has 0 saturated heterocycles. The lowest BCUT2D eigenvalue weighted by Gasteiger charge is -2.04. The molecule has 7 nitrogen and oxygen atoms in total. The van der Waals surface area contributed by atoms with Crippen molar-refractivity contribution in [2.75, 3.05) is 0 Å². The number of para-hydroxylation sites is 1. The van der Waals surface area contributed by atoms with Crippen LogP contribution in [0.15, 0.2) is 53.3 Å². The van der Waals surface area contributed by atoms with Crippen LogP contribution in [-0.4, -0.2) is 14.2 Å². The predicted molar refractivity (Wildman–Crippen MR) is 72.8 cm³/mol. The van der Waals surface area contributed by atoms with Crippen LogP contribution in [0.5, 0.6) is 0 Å². The molecule has 4 rings (SSSR count). The Labute approximate surface area is 132 Å². The van der Waals surface area contributed by atoms with Gasteiger partial charge in [-0.05, 0) is 17.7 Å². The highest BCUT2D eigenvalue weighted by atomic mass is 35.7. The molecule has 0 saturated carbocycles. The largest absolute Gasteiger partial charge is 0.288 e. The number of halogens is 1. The minimum Gasteiger partial charge on any atom is -0.288 e. The van der Waals surface area contributed by atoms with Crippen LogP contribution in [0.3, 0.4) is 0 Å². The highest BCUT2D eigenvalue weighted by Crippen LogP contribution is 2.29. The van der Waals surface area contributed by atoms with E-state index in [-0.39, 0.29) is 5.56 Å². The molecule has 2 heterocycles. The van der Waals surface area contributed by atoms with Crippen LogP contribution in [0.2, 0.25) is 0 Å². The van der Waals surface area contributed by atoms with Crippen molar-refractivity contribution in [2.24, 2.45) is 0 Å². The molecule has 1 aromatic heterocycles. The van der Waals surface area contributed by atoms with Crippen LogP contribution in [-0.2, 0) is 6.54 Å². The first-order valence-corrected chi connectivity index (χ1v) is 7.82. The summed E-state index contributed by atoms with van der Waals surface area (Å²) < 4.78 is 34.5. The van der Waals surface area contributed by atoms with E-state index in [1.807, 2.05) is 48.5 Å². The first kappa shape index (κ1) is 15.6. The second kappa shape index (κ2) is 5.73. The van der Waals surface area contributed by atoms with Crippen molar-refractivity contribution in [1.82, 2.24) is 9.55 Å². The third-order valence-corrected chi connectivity index (χ3v) is 3.45. The minimum absolute atomic E-state index is 0.0480. The normalized spacial score (nSPS) is 12.3. The Morgan fingerprint density at radius 2 is 1.65 bits per heavy atom. The first-order valence-electron chi connectivity index (χ1n) is 6.55. The monoisotopic (exact) mass is 334 g/mol. The van der Waals surface area contributed by atoms with E-state index in [1.165, 1.54) is 0 Å². The van der Waals surface area contributed by atoms with Crippen LogP contribution in [0.1, 0.15) is 5.56 Å². The van der Waals surface area contributed by atoms with E-state index in [0.717, 1.165) is 22.5 Å². The van der Waals surface area contributed by atoms with E-state index >= 15 is 0 Å². The number of fused-ring (bicyclic) bond motifs is 4. The summed E-state index contributed by atoms with van der Waals surface area (Å²) in [6.45, 7) is 0.627. The Morgan fingerprint density at radius 3 is 2.39 bits per heavy atom. The SMILES string of the molecule is O=c1c2ccccc2nc2n1Cc1ccccc1-2.[O-][Cl+3]([O-])([O-])O. The van der Waals surface area contributed by atoms with Gasteiger partial charge in [0.05, 0.1) is 32.3 Å². The molecular weight excluding hydrogens is 324 g/mol. The average Bonchev–Trinajstić information content (AvgIpc) is 2.85. The Morgan fingerprint density at radius 1 is 1.04 bits per heavy atom. The van der Waals surface area contributed by atoms with Gasteiger partial charge in [0, 0.05) is 5.56 Å². The van der Waals surface area contributed by atoms with Crippen molar-refractivity contribution in [3.63, 3.8) is 0 Å². The Bertz CT molecular complexity index is 927. The van der Waals surface area contributed by atoms with Crippen molar-refractivity contribution in [3.8, 4) is 11.4 Å². The number of hydrogen-bond donors (Lipinski definition) is 1. The van der Waals surface area contributed by atoms with E-state index in [0.29, 0.717) is 11.9 Å². The molecule has 8 heteroatoms. The van der Waals surface area contributed by atoms with Crippen LogP contribution in [0.25, 0.3) is 22.3 Å². The molecular formula is C15H11ClN2O5. The molecule has 0 unspecified atom stereocenters. The number of rotatable bonds is 0. The molecule has 23 heavy (non-hydrogen) atoms. The lowest BCUT2D eigenvalue weighted by molar-refractivity contribution is -1.92. The molecule has 0 bridgehead atoms. The molecule has 0 aliphatic carbocycles. The van der Waals surface area contributed by atoms with Crippen LogP contribution < -0.4 is 19.5 Å².